The number of benzene rings is 3. The van der Waals surface area contributed by atoms with Crippen LogP contribution in [0.15, 0.2) is 60.2 Å². The van der Waals surface area contributed by atoms with E-state index in [1.807, 2.05) is 57.2 Å². The SMILES string of the molecule is COc1cc(-c2ccc(C)cc2)c(OC)c(O)c1-c1ccc(OCC=C(C)C)c(O)c1. The van der Waals surface area contributed by atoms with Crippen LogP contribution in [0.25, 0.3) is 22.3 Å². The van der Waals surface area contributed by atoms with Crippen molar-refractivity contribution in [3.05, 3.63) is 65.7 Å². The topological polar surface area (TPSA) is 68.2 Å². The molecule has 0 bridgehead atoms. The van der Waals surface area contributed by atoms with Gasteiger partial charge >= 0.3 is 0 Å². The number of allylic oxidation sites excluding steroid dienone is 1. The molecular weight excluding hydrogens is 392 g/mol. The lowest BCUT2D eigenvalue weighted by atomic mass is 9.96. The second-order valence-corrected chi connectivity index (χ2v) is 7.52. The van der Waals surface area contributed by atoms with E-state index in [4.69, 9.17) is 14.2 Å². The van der Waals surface area contributed by atoms with Crippen LogP contribution in [0, 0.1) is 6.92 Å². The predicted molar refractivity (Wildman–Crippen MR) is 123 cm³/mol. The minimum absolute atomic E-state index is 0.0253. The summed E-state index contributed by atoms with van der Waals surface area (Å²) in [5, 5.41) is 21.5. The summed E-state index contributed by atoms with van der Waals surface area (Å²) in [5.74, 6) is 1.08. The van der Waals surface area contributed by atoms with Crippen molar-refractivity contribution in [2.45, 2.75) is 20.8 Å². The Bertz CT molecular complexity index is 1090. The Morgan fingerprint density at radius 3 is 2.13 bits per heavy atom. The number of methoxy groups -OCH3 is 2. The second kappa shape index (κ2) is 9.47. The Kier molecular flexibility index (Phi) is 6.75. The number of rotatable bonds is 7. The Morgan fingerprint density at radius 2 is 1.55 bits per heavy atom. The molecule has 0 aliphatic rings. The molecule has 0 heterocycles. The summed E-state index contributed by atoms with van der Waals surface area (Å²) in [7, 11) is 3.06. The highest BCUT2D eigenvalue weighted by atomic mass is 16.5. The largest absolute Gasteiger partial charge is 0.504 e. The standard InChI is InChI=1S/C26H28O5/c1-16(2)12-13-31-22-11-10-19(14-21(22)27)24-23(29-4)15-20(26(30-5)25(24)28)18-8-6-17(3)7-9-18/h6-12,14-15,27-28H,13H2,1-5H3. The Balaban J connectivity index is 2.08. The van der Waals surface area contributed by atoms with E-state index in [9.17, 15) is 10.2 Å². The maximum absolute atomic E-state index is 11.1. The van der Waals surface area contributed by atoms with E-state index in [-0.39, 0.29) is 11.5 Å². The molecule has 0 radical (unpaired) electrons. The molecular formula is C26H28O5. The van der Waals surface area contributed by atoms with Crippen molar-refractivity contribution in [2.75, 3.05) is 20.8 Å². The normalized spacial score (nSPS) is 10.5. The molecule has 5 nitrogen and oxygen atoms in total. The monoisotopic (exact) mass is 420 g/mol. The van der Waals surface area contributed by atoms with Gasteiger partial charge in [0.15, 0.2) is 23.0 Å². The lowest BCUT2D eigenvalue weighted by Crippen LogP contribution is -1.97. The molecule has 2 N–H and O–H groups in total. The Hall–Kier alpha value is -3.60. The van der Waals surface area contributed by atoms with Gasteiger partial charge in [-0.05, 0) is 56.2 Å². The van der Waals surface area contributed by atoms with Gasteiger partial charge < -0.3 is 24.4 Å². The molecule has 31 heavy (non-hydrogen) atoms. The third-order valence-electron chi connectivity index (χ3n) is 4.98. The van der Waals surface area contributed by atoms with Crippen LogP contribution in [-0.2, 0) is 0 Å². The molecule has 3 rings (SSSR count). The first-order valence-electron chi connectivity index (χ1n) is 10.00. The van der Waals surface area contributed by atoms with Crippen LogP contribution in [0.4, 0.5) is 0 Å². The summed E-state index contributed by atoms with van der Waals surface area (Å²) in [4.78, 5) is 0. The number of hydrogen-bond donors (Lipinski definition) is 2. The van der Waals surface area contributed by atoms with Crippen molar-refractivity contribution in [2.24, 2.45) is 0 Å². The molecule has 0 spiro atoms. The first kappa shape index (κ1) is 22.1. The van der Waals surface area contributed by atoms with Gasteiger partial charge in [0.2, 0.25) is 0 Å². The molecule has 0 amide bonds. The minimum atomic E-state index is -0.0602. The van der Waals surface area contributed by atoms with Crippen molar-refractivity contribution in [1.29, 1.82) is 0 Å². The van der Waals surface area contributed by atoms with E-state index in [1.54, 1.807) is 25.3 Å². The van der Waals surface area contributed by atoms with Crippen LogP contribution in [0.5, 0.6) is 28.7 Å². The lowest BCUT2D eigenvalue weighted by Gasteiger charge is -2.18. The number of aromatic hydroxyl groups is 2. The Morgan fingerprint density at radius 1 is 0.871 bits per heavy atom. The average molecular weight is 421 g/mol. The number of hydrogen-bond acceptors (Lipinski definition) is 5. The molecule has 0 aromatic heterocycles. The summed E-state index contributed by atoms with van der Waals surface area (Å²) in [6.07, 6.45) is 1.93. The zero-order valence-electron chi connectivity index (χ0n) is 18.5. The fourth-order valence-electron chi connectivity index (χ4n) is 3.31. The van der Waals surface area contributed by atoms with E-state index < -0.39 is 0 Å². The fourth-order valence-corrected chi connectivity index (χ4v) is 3.31. The van der Waals surface area contributed by atoms with Crippen molar-refractivity contribution in [3.63, 3.8) is 0 Å². The highest BCUT2D eigenvalue weighted by Crippen LogP contribution is 2.50. The van der Waals surface area contributed by atoms with Gasteiger partial charge in [-0.2, -0.15) is 0 Å². The molecule has 3 aromatic rings. The maximum Gasteiger partial charge on any atom is 0.170 e. The maximum atomic E-state index is 11.1. The number of ether oxygens (including phenoxy) is 3. The molecule has 0 fully saturated rings. The molecule has 162 valence electrons. The molecule has 5 heteroatoms. The highest BCUT2D eigenvalue weighted by Gasteiger charge is 2.22. The van der Waals surface area contributed by atoms with Gasteiger partial charge in [-0.15, -0.1) is 0 Å². The molecule has 0 aliphatic heterocycles. The second-order valence-electron chi connectivity index (χ2n) is 7.52. The molecule has 0 aliphatic carbocycles. The van der Waals surface area contributed by atoms with Gasteiger partial charge in [0.25, 0.3) is 0 Å². The zero-order chi connectivity index (χ0) is 22.5. The van der Waals surface area contributed by atoms with Gasteiger partial charge in [0.05, 0.1) is 19.8 Å². The predicted octanol–water partition coefficient (Wildman–Crippen LogP) is 6.10. The lowest BCUT2D eigenvalue weighted by molar-refractivity contribution is 0.335. The summed E-state index contributed by atoms with van der Waals surface area (Å²) in [5.41, 5.74) is 4.89. The van der Waals surface area contributed by atoms with Crippen LogP contribution in [-0.4, -0.2) is 31.0 Å². The molecule has 3 aromatic carbocycles. The van der Waals surface area contributed by atoms with Crippen molar-refractivity contribution < 1.29 is 24.4 Å². The van der Waals surface area contributed by atoms with Crippen LogP contribution in [0.3, 0.4) is 0 Å². The molecule has 0 saturated carbocycles. The van der Waals surface area contributed by atoms with Crippen LogP contribution >= 0.6 is 0 Å². The number of aryl methyl sites for hydroxylation is 1. The van der Waals surface area contributed by atoms with Crippen LogP contribution in [0.2, 0.25) is 0 Å². The zero-order valence-corrected chi connectivity index (χ0v) is 18.5. The highest BCUT2D eigenvalue weighted by molar-refractivity contribution is 5.88. The molecule has 0 saturated heterocycles. The summed E-state index contributed by atoms with van der Waals surface area (Å²) in [6, 6.07) is 14.7. The molecule has 0 unspecified atom stereocenters. The van der Waals surface area contributed by atoms with E-state index in [1.165, 1.54) is 7.11 Å². The van der Waals surface area contributed by atoms with Crippen molar-refractivity contribution in [3.8, 4) is 51.0 Å². The summed E-state index contributed by atoms with van der Waals surface area (Å²) in [6.45, 7) is 6.34. The van der Waals surface area contributed by atoms with Gasteiger partial charge in [-0.1, -0.05) is 41.5 Å². The fraction of sp³-hybridized carbons (Fsp3) is 0.231. The third kappa shape index (κ3) is 4.77. The van der Waals surface area contributed by atoms with E-state index in [2.05, 4.69) is 0 Å². The smallest absolute Gasteiger partial charge is 0.170 e. The van der Waals surface area contributed by atoms with Crippen molar-refractivity contribution in [1.82, 2.24) is 0 Å². The number of phenolic OH excluding ortho intramolecular Hbond substituents is 2. The summed E-state index contributed by atoms with van der Waals surface area (Å²) < 4.78 is 16.8. The third-order valence-corrected chi connectivity index (χ3v) is 4.98. The van der Waals surface area contributed by atoms with Gasteiger partial charge in [-0.25, -0.2) is 0 Å². The van der Waals surface area contributed by atoms with Crippen LogP contribution in [0.1, 0.15) is 19.4 Å². The summed E-state index contributed by atoms with van der Waals surface area (Å²) >= 11 is 0. The van der Waals surface area contributed by atoms with Crippen molar-refractivity contribution >= 4 is 0 Å². The van der Waals surface area contributed by atoms with Gasteiger partial charge in [-0.3, -0.25) is 0 Å². The van der Waals surface area contributed by atoms with E-state index in [0.717, 1.165) is 16.7 Å². The van der Waals surface area contributed by atoms with E-state index in [0.29, 0.717) is 40.5 Å². The van der Waals surface area contributed by atoms with E-state index >= 15 is 0 Å². The van der Waals surface area contributed by atoms with Gasteiger partial charge in [0, 0.05) is 5.56 Å². The molecule has 0 atom stereocenters. The average Bonchev–Trinajstić information content (AvgIpc) is 2.74. The first-order valence-corrected chi connectivity index (χ1v) is 10.00. The Labute approximate surface area is 183 Å². The van der Waals surface area contributed by atoms with Gasteiger partial charge in [0.1, 0.15) is 12.4 Å². The number of phenols is 2. The minimum Gasteiger partial charge on any atom is -0.504 e. The quantitative estimate of drug-likeness (QED) is 0.452. The van der Waals surface area contributed by atoms with Crippen LogP contribution < -0.4 is 14.2 Å². The first-order chi connectivity index (χ1) is 14.8.